The lowest BCUT2D eigenvalue weighted by atomic mass is 10.0. The quantitative estimate of drug-likeness (QED) is 0.903. The number of rotatable bonds is 3. The summed E-state index contributed by atoms with van der Waals surface area (Å²) in [6.07, 6.45) is 0.963. The van der Waals surface area contributed by atoms with Crippen LogP contribution in [0.4, 0.5) is 5.69 Å². The average molecular weight is 261 g/mol. The average Bonchev–Trinajstić information content (AvgIpc) is 2.31. The van der Waals surface area contributed by atoms with Crippen LogP contribution in [0.1, 0.15) is 25.0 Å². The van der Waals surface area contributed by atoms with Crippen LogP contribution in [0.25, 0.3) is 0 Å². The minimum absolute atomic E-state index is 0.229. The lowest BCUT2D eigenvalue weighted by molar-refractivity contribution is 0.275. The van der Waals surface area contributed by atoms with Gasteiger partial charge in [0, 0.05) is 37.4 Å². The molecule has 0 saturated carbocycles. The molecule has 1 heterocycles. The maximum Gasteiger partial charge on any atom is 0.0389 e. The van der Waals surface area contributed by atoms with E-state index in [1.807, 2.05) is 0 Å². The molecule has 1 aromatic carbocycles. The number of nitrogens with two attached hydrogens (primary N) is 1. The molecule has 2 atom stereocenters. The molecule has 0 spiro atoms. The first kappa shape index (κ1) is 14.4. The molecular formula is C16H27N3. The zero-order valence-corrected chi connectivity index (χ0v) is 12.7. The molecule has 2 rings (SSSR count). The largest absolute Gasteiger partial charge is 0.366 e. The Balaban J connectivity index is 2.15. The predicted octanol–water partition coefficient (Wildman–Crippen LogP) is 2.03. The van der Waals surface area contributed by atoms with E-state index in [0.29, 0.717) is 6.04 Å². The highest BCUT2D eigenvalue weighted by molar-refractivity contribution is 5.52. The topological polar surface area (TPSA) is 32.5 Å². The molecule has 1 aromatic rings. The number of benzene rings is 1. The highest BCUT2D eigenvalue weighted by atomic mass is 15.3. The molecule has 3 nitrogen and oxygen atoms in total. The van der Waals surface area contributed by atoms with Crippen molar-refractivity contribution in [1.82, 2.24) is 4.90 Å². The second kappa shape index (κ2) is 5.93. The van der Waals surface area contributed by atoms with Gasteiger partial charge in [-0.15, -0.1) is 0 Å². The molecule has 3 heteroatoms. The number of piperazine rings is 1. The number of nitrogens with zero attached hydrogens (tertiary/aromatic N) is 2. The third kappa shape index (κ3) is 3.48. The van der Waals surface area contributed by atoms with Gasteiger partial charge in [-0.05, 0) is 57.5 Å². The summed E-state index contributed by atoms with van der Waals surface area (Å²) in [6, 6.07) is 7.63. The van der Waals surface area contributed by atoms with Gasteiger partial charge in [0.2, 0.25) is 0 Å². The normalized spacial score (nSPS) is 22.6. The van der Waals surface area contributed by atoms with Crippen LogP contribution in [0.15, 0.2) is 18.2 Å². The van der Waals surface area contributed by atoms with E-state index in [1.54, 1.807) is 0 Å². The molecule has 0 aromatic heterocycles. The van der Waals surface area contributed by atoms with Crippen LogP contribution < -0.4 is 10.6 Å². The first-order valence-corrected chi connectivity index (χ1v) is 7.27. The molecule has 0 radical (unpaired) electrons. The van der Waals surface area contributed by atoms with Gasteiger partial charge < -0.3 is 15.5 Å². The van der Waals surface area contributed by atoms with Crippen LogP contribution in [0.2, 0.25) is 0 Å². The van der Waals surface area contributed by atoms with Gasteiger partial charge in [-0.25, -0.2) is 0 Å². The molecule has 19 heavy (non-hydrogen) atoms. The molecule has 0 amide bonds. The third-order valence-electron chi connectivity index (χ3n) is 4.03. The summed E-state index contributed by atoms with van der Waals surface area (Å²) in [5.74, 6) is 0. The van der Waals surface area contributed by atoms with Gasteiger partial charge in [0.05, 0.1) is 0 Å². The lowest BCUT2D eigenvalue weighted by Crippen LogP contribution is -2.50. The molecule has 1 aliphatic rings. The van der Waals surface area contributed by atoms with E-state index >= 15 is 0 Å². The highest BCUT2D eigenvalue weighted by Gasteiger charge is 2.21. The summed E-state index contributed by atoms with van der Waals surface area (Å²) < 4.78 is 0. The smallest absolute Gasteiger partial charge is 0.0389 e. The van der Waals surface area contributed by atoms with Crippen LogP contribution in [0.5, 0.6) is 0 Å². The van der Waals surface area contributed by atoms with Crippen molar-refractivity contribution in [2.45, 2.75) is 39.3 Å². The van der Waals surface area contributed by atoms with Gasteiger partial charge in [-0.3, -0.25) is 0 Å². The lowest BCUT2D eigenvalue weighted by Gasteiger charge is -2.40. The Kier molecular flexibility index (Phi) is 4.48. The summed E-state index contributed by atoms with van der Waals surface area (Å²) in [6.45, 7) is 9.97. The number of hydrogen-bond acceptors (Lipinski definition) is 3. The first-order valence-electron chi connectivity index (χ1n) is 7.27. The monoisotopic (exact) mass is 261 g/mol. The number of anilines is 1. The Bertz CT molecular complexity index is 428. The second-order valence-electron chi connectivity index (χ2n) is 6.10. The predicted molar refractivity (Wildman–Crippen MR) is 82.8 cm³/mol. The SMILES string of the molecule is Cc1cc(N2CCN(C)CC2C)ccc1CC(C)N. The Morgan fingerprint density at radius 2 is 2.11 bits per heavy atom. The molecular weight excluding hydrogens is 234 g/mol. The fourth-order valence-electron chi connectivity index (χ4n) is 2.96. The van der Waals surface area contributed by atoms with E-state index in [1.165, 1.54) is 16.8 Å². The molecule has 0 aliphatic carbocycles. The van der Waals surface area contributed by atoms with Crippen molar-refractivity contribution in [2.24, 2.45) is 5.73 Å². The van der Waals surface area contributed by atoms with Crippen LogP contribution in [-0.4, -0.2) is 43.7 Å². The van der Waals surface area contributed by atoms with E-state index in [2.05, 4.69) is 55.8 Å². The second-order valence-corrected chi connectivity index (χ2v) is 6.10. The van der Waals surface area contributed by atoms with Gasteiger partial charge in [0.25, 0.3) is 0 Å². The number of likely N-dealkylation sites (N-methyl/N-ethyl adjacent to an activating group) is 1. The van der Waals surface area contributed by atoms with Crippen LogP contribution in [0.3, 0.4) is 0 Å². The zero-order chi connectivity index (χ0) is 14.0. The van der Waals surface area contributed by atoms with Crippen molar-refractivity contribution in [1.29, 1.82) is 0 Å². The van der Waals surface area contributed by atoms with Gasteiger partial charge in [-0.2, -0.15) is 0 Å². The third-order valence-corrected chi connectivity index (χ3v) is 4.03. The van der Waals surface area contributed by atoms with Crippen molar-refractivity contribution >= 4 is 5.69 Å². The van der Waals surface area contributed by atoms with Crippen molar-refractivity contribution in [3.8, 4) is 0 Å². The van der Waals surface area contributed by atoms with E-state index in [9.17, 15) is 0 Å². The Labute approximate surface area is 117 Å². The maximum absolute atomic E-state index is 5.90. The highest BCUT2D eigenvalue weighted by Crippen LogP contribution is 2.23. The molecule has 2 unspecified atom stereocenters. The van der Waals surface area contributed by atoms with Gasteiger partial charge >= 0.3 is 0 Å². The van der Waals surface area contributed by atoms with Crippen molar-refractivity contribution in [3.63, 3.8) is 0 Å². The molecule has 2 N–H and O–H groups in total. The van der Waals surface area contributed by atoms with Gasteiger partial charge in [-0.1, -0.05) is 6.07 Å². The van der Waals surface area contributed by atoms with Crippen LogP contribution in [-0.2, 0) is 6.42 Å². The minimum atomic E-state index is 0.229. The number of aryl methyl sites for hydroxylation is 1. The van der Waals surface area contributed by atoms with Crippen LogP contribution >= 0.6 is 0 Å². The van der Waals surface area contributed by atoms with Gasteiger partial charge in [0.1, 0.15) is 0 Å². The summed E-state index contributed by atoms with van der Waals surface area (Å²) in [7, 11) is 2.20. The van der Waals surface area contributed by atoms with E-state index in [-0.39, 0.29) is 6.04 Å². The zero-order valence-electron chi connectivity index (χ0n) is 12.7. The van der Waals surface area contributed by atoms with Gasteiger partial charge in [0.15, 0.2) is 0 Å². The molecule has 1 fully saturated rings. The molecule has 106 valence electrons. The Morgan fingerprint density at radius 1 is 1.37 bits per heavy atom. The standard InChI is InChI=1S/C16H27N3/c1-12-9-16(6-5-15(12)10-13(2)17)19-8-7-18(4)11-14(19)3/h5-6,9,13-14H,7-8,10-11,17H2,1-4H3. The Morgan fingerprint density at radius 3 is 2.68 bits per heavy atom. The molecule has 0 bridgehead atoms. The van der Waals surface area contributed by atoms with E-state index in [4.69, 9.17) is 5.73 Å². The number of hydrogen-bond donors (Lipinski definition) is 1. The first-order chi connectivity index (χ1) is 8.97. The summed E-state index contributed by atoms with van der Waals surface area (Å²) in [4.78, 5) is 4.92. The van der Waals surface area contributed by atoms with Crippen LogP contribution in [0, 0.1) is 6.92 Å². The fourth-order valence-corrected chi connectivity index (χ4v) is 2.96. The van der Waals surface area contributed by atoms with Crippen molar-refractivity contribution in [2.75, 3.05) is 31.6 Å². The van der Waals surface area contributed by atoms with E-state index < -0.39 is 0 Å². The van der Waals surface area contributed by atoms with Crippen molar-refractivity contribution in [3.05, 3.63) is 29.3 Å². The maximum atomic E-state index is 5.90. The molecule has 1 saturated heterocycles. The molecule has 1 aliphatic heterocycles. The fraction of sp³-hybridized carbons (Fsp3) is 0.625. The Hall–Kier alpha value is -1.06. The summed E-state index contributed by atoms with van der Waals surface area (Å²) in [5, 5.41) is 0. The summed E-state index contributed by atoms with van der Waals surface area (Å²) >= 11 is 0. The summed E-state index contributed by atoms with van der Waals surface area (Å²) in [5.41, 5.74) is 9.99. The van der Waals surface area contributed by atoms with Crippen molar-refractivity contribution < 1.29 is 0 Å². The van der Waals surface area contributed by atoms with E-state index in [0.717, 1.165) is 26.1 Å². The minimum Gasteiger partial charge on any atom is -0.366 e.